The SMILES string of the molecule is O=C(Nc1ccncc1Br)C1CCCCCC1. The molecule has 0 atom stereocenters. The molecular formula is C13H17BrN2O. The van der Waals surface area contributed by atoms with Gasteiger partial charge in [-0.1, -0.05) is 25.7 Å². The second-order valence-electron chi connectivity index (χ2n) is 4.53. The number of pyridine rings is 1. The number of nitrogens with zero attached hydrogens (tertiary/aromatic N) is 1. The number of hydrogen-bond donors (Lipinski definition) is 1. The minimum Gasteiger partial charge on any atom is -0.325 e. The van der Waals surface area contributed by atoms with Crippen molar-refractivity contribution in [2.45, 2.75) is 38.5 Å². The average Bonchev–Trinajstić information content (AvgIpc) is 2.61. The molecule has 1 heterocycles. The summed E-state index contributed by atoms with van der Waals surface area (Å²) in [6.07, 6.45) is 10.3. The Morgan fingerprint density at radius 2 is 2.00 bits per heavy atom. The molecule has 1 aromatic heterocycles. The highest BCUT2D eigenvalue weighted by Crippen LogP contribution is 2.26. The van der Waals surface area contributed by atoms with E-state index >= 15 is 0 Å². The van der Waals surface area contributed by atoms with Gasteiger partial charge in [0.25, 0.3) is 0 Å². The smallest absolute Gasteiger partial charge is 0.227 e. The van der Waals surface area contributed by atoms with Crippen molar-refractivity contribution < 1.29 is 4.79 Å². The zero-order chi connectivity index (χ0) is 12.1. The Morgan fingerprint density at radius 1 is 1.29 bits per heavy atom. The minimum absolute atomic E-state index is 0.152. The van der Waals surface area contributed by atoms with Crippen LogP contribution in [0.5, 0.6) is 0 Å². The van der Waals surface area contributed by atoms with Crippen LogP contribution >= 0.6 is 15.9 Å². The molecule has 92 valence electrons. The summed E-state index contributed by atoms with van der Waals surface area (Å²) in [5, 5.41) is 2.98. The van der Waals surface area contributed by atoms with Crippen LogP contribution in [0.3, 0.4) is 0 Å². The fraction of sp³-hybridized carbons (Fsp3) is 0.538. The molecule has 0 aromatic carbocycles. The third-order valence-electron chi connectivity index (χ3n) is 3.26. The van der Waals surface area contributed by atoms with Crippen LogP contribution in [0.4, 0.5) is 5.69 Å². The number of aromatic nitrogens is 1. The second kappa shape index (κ2) is 6.15. The third kappa shape index (κ3) is 3.53. The molecule has 1 aliphatic carbocycles. The van der Waals surface area contributed by atoms with Gasteiger partial charge < -0.3 is 5.32 Å². The Bertz CT molecular complexity index is 387. The van der Waals surface area contributed by atoms with Gasteiger partial charge in [-0.15, -0.1) is 0 Å². The van der Waals surface area contributed by atoms with E-state index in [0.717, 1.165) is 23.0 Å². The molecule has 1 N–H and O–H groups in total. The van der Waals surface area contributed by atoms with Crippen LogP contribution in [0, 0.1) is 5.92 Å². The fourth-order valence-corrected chi connectivity index (χ4v) is 2.60. The van der Waals surface area contributed by atoms with Gasteiger partial charge in [0, 0.05) is 18.3 Å². The predicted molar refractivity (Wildman–Crippen MR) is 71.8 cm³/mol. The van der Waals surface area contributed by atoms with Gasteiger partial charge in [-0.3, -0.25) is 9.78 Å². The van der Waals surface area contributed by atoms with Crippen LogP contribution in [-0.4, -0.2) is 10.9 Å². The highest BCUT2D eigenvalue weighted by Gasteiger charge is 2.20. The van der Waals surface area contributed by atoms with Crippen LogP contribution in [0.25, 0.3) is 0 Å². The topological polar surface area (TPSA) is 42.0 Å². The van der Waals surface area contributed by atoms with E-state index in [4.69, 9.17) is 0 Å². The largest absolute Gasteiger partial charge is 0.325 e. The summed E-state index contributed by atoms with van der Waals surface area (Å²) >= 11 is 3.39. The lowest BCUT2D eigenvalue weighted by Gasteiger charge is -2.14. The standard InChI is InChI=1S/C13H17BrN2O/c14-11-9-15-8-7-12(11)16-13(17)10-5-3-1-2-4-6-10/h7-10H,1-6H2,(H,15,16,17). The first kappa shape index (κ1) is 12.6. The zero-order valence-electron chi connectivity index (χ0n) is 9.79. The number of carbonyl (C=O) groups excluding carboxylic acids is 1. The Balaban J connectivity index is 1.98. The molecule has 17 heavy (non-hydrogen) atoms. The summed E-state index contributed by atoms with van der Waals surface area (Å²) in [5.74, 6) is 0.330. The molecule has 0 bridgehead atoms. The molecule has 1 fully saturated rings. The van der Waals surface area contributed by atoms with Crippen LogP contribution in [0.15, 0.2) is 22.9 Å². The molecule has 1 aliphatic rings. The summed E-state index contributed by atoms with van der Waals surface area (Å²) < 4.78 is 0.835. The minimum atomic E-state index is 0.152. The quantitative estimate of drug-likeness (QED) is 0.845. The Morgan fingerprint density at radius 3 is 2.65 bits per heavy atom. The summed E-state index contributed by atoms with van der Waals surface area (Å²) in [6.45, 7) is 0. The van der Waals surface area contributed by atoms with Crippen LogP contribution in [-0.2, 0) is 4.79 Å². The summed E-state index contributed by atoms with van der Waals surface area (Å²) in [7, 11) is 0. The lowest BCUT2D eigenvalue weighted by molar-refractivity contribution is -0.120. The zero-order valence-corrected chi connectivity index (χ0v) is 11.4. The van der Waals surface area contributed by atoms with Gasteiger partial charge in [0.1, 0.15) is 0 Å². The van der Waals surface area contributed by atoms with Gasteiger partial charge in [0.05, 0.1) is 10.2 Å². The Labute approximate surface area is 110 Å². The van der Waals surface area contributed by atoms with E-state index in [1.165, 1.54) is 25.7 Å². The first-order chi connectivity index (χ1) is 8.27. The molecule has 4 heteroatoms. The van der Waals surface area contributed by atoms with Crippen molar-refractivity contribution in [3.8, 4) is 0 Å². The van der Waals surface area contributed by atoms with Crippen molar-refractivity contribution in [3.63, 3.8) is 0 Å². The number of halogens is 1. The summed E-state index contributed by atoms with van der Waals surface area (Å²) in [6, 6.07) is 1.82. The van der Waals surface area contributed by atoms with E-state index in [-0.39, 0.29) is 11.8 Å². The number of carbonyl (C=O) groups is 1. The van der Waals surface area contributed by atoms with Crippen molar-refractivity contribution >= 4 is 27.5 Å². The highest BCUT2D eigenvalue weighted by molar-refractivity contribution is 9.10. The Kier molecular flexibility index (Phi) is 4.54. The van der Waals surface area contributed by atoms with Gasteiger partial charge in [-0.25, -0.2) is 0 Å². The van der Waals surface area contributed by atoms with Crippen LogP contribution < -0.4 is 5.32 Å². The fourth-order valence-electron chi connectivity index (χ4n) is 2.25. The summed E-state index contributed by atoms with van der Waals surface area (Å²) in [4.78, 5) is 16.1. The average molecular weight is 297 g/mol. The molecular weight excluding hydrogens is 280 g/mol. The molecule has 1 aromatic rings. The second-order valence-corrected chi connectivity index (χ2v) is 5.39. The molecule has 0 unspecified atom stereocenters. The lowest BCUT2D eigenvalue weighted by Crippen LogP contribution is -2.22. The van der Waals surface area contributed by atoms with Crippen LogP contribution in [0.1, 0.15) is 38.5 Å². The maximum absolute atomic E-state index is 12.1. The molecule has 0 saturated heterocycles. The maximum atomic E-state index is 12.1. The van der Waals surface area contributed by atoms with E-state index in [1.54, 1.807) is 12.4 Å². The number of anilines is 1. The maximum Gasteiger partial charge on any atom is 0.227 e. The normalized spacial score (nSPS) is 17.5. The van der Waals surface area contributed by atoms with Crippen molar-refractivity contribution in [2.24, 2.45) is 5.92 Å². The highest BCUT2D eigenvalue weighted by atomic mass is 79.9. The first-order valence-electron chi connectivity index (χ1n) is 6.18. The van der Waals surface area contributed by atoms with E-state index in [1.807, 2.05) is 6.07 Å². The molecule has 3 nitrogen and oxygen atoms in total. The Hall–Kier alpha value is -0.900. The molecule has 1 saturated carbocycles. The van der Waals surface area contributed by atoms with Crippen molar-refractivity contribution in [1.29, 1.82) is 0 Å². The van der Waals surface area contributed by atoms with Gasteiger partial charge >= 0.3 is 0 Å². The van der Waals surface area contributed by atoms with E-state index < -0.39 is 0 Å². The molecule has 1 amide bonds. The van der Waals surface area contributed by atoms with E-state index in [9.17, 15) is 4.79 Å². The van der Waals surface area contributed by atoms with Crippen LogP contribution in [0.2, 0.25) is 0 Å². The third-order valence-corrected chi connectivity index (χ3v) is 3.89. The van der Waals surface area contributed by atoms with Gasteiger partial charge in [0.15, 0.2) is 0 Å². The van der Waals surface area contributed by atoms with E-state index in [2.05, 4.69) is 26.2 Å². The molecule has 0 aliphatic heterocycles. The molecule has 0 radical (unpaired) electrons. The first-order valence-corrected chi connectivity index (χ1v) is 6.97. The van der Waals surface area contributed by atoms with Crippen molar-refractivity contribution in [2.75, 3.05) is 5.32 Å². The molecule has 2 rings (SSSR count). The van der Waals surface area contributed by atoms with Gasteiger partial charge in [0.2, 0.25) is 5.91 Å². The lowest BCUT2D eigenvalue weighted by atomic mass is 9.99. The van der Waals surface area contributed by atoms with Gasteiger partial charge in [-0.2, -0.15) is 0 Å². The van der Waals surface area contributed by atoms with E-state index in [0.29, 0.717) is 0 Å². The van der Waals surface area contributed by atoms with Crippen molar-refractivity contribution in [1.82, 2.24) is 4.98 Å². The van der Waals surface area contributed by atoms with Crippen molar-refractivity contribution in [3.05, 3.63) is 22.9 Å². The monoisotopic (exact) mass is 296 g/mol. The number of hydrogen-bond acceptors (Lipinski definition) is 2. The number of nitrogens with one attached hydrogen (secondary N) is 1. The summed E-state index contributed by atoms with van der Waals surface area (Å²) in [5.41, 5.74) is 0.814. The molecule has 0 spiro atoms. The number of rotatable bonds is 2. The number of amides is 1. The van der Waals surface area contributed by atoms with Gasteiger partial charge in [-0.05, 0) is 34.8 Å². The predicted octanol–water partition coefficient (Wildman–Crippen LogP) is 3.75.